The van der Waals surface area contributed by atoms with E-state index in [-0.39, 0.29) is 42.7 Å². The largest absolute Gasteiger partial charge is 0.497 e. The minimum absolute atomic E-state index is 0.0100. The molecule has 2 aromatic rings. The molecule has 3 aliphatic rings. The van der Waals surface area contributed by atoms with Crippen molar-refractivity contribution in [2.45, 2.75) is 56.1 Å². The van der Waals surface area contributed by atoms with Crippen LogP contribution in [0.25, 0.3) is 0 Å². The van der Waals surface area contributed by atoms with Crippen molar-refractivity contribution in [1.82, 2.24) is 9.80 Å². The van der Waals surface area contributed by atoms with Crippen molar-refractivity contribution < 1.29 is 23.9 Å². The topological polar surface area (TPSA) is 76.2 Å². The number of ether oxygens (including phenoxy) is 2. The van der Waals surface area contributed by atoms with Gasteiger partial charge < -0.3 is 14.4 Å². The summed E-state index contributed by atoms with van der Waals surface area (Å²) in [5.41, 5.74) is -0.478. The molecular formula is C27H29ClN2O5. The van der Waals surface area contributed by atoms with Crippen LogP contribution in [0.3, 0.4) is 0 Å². The number of benzene rings is 2. The first-order valence-corrected chi connectivity index (χ1v) is 12.5. The van der Waals surface area contributed by atoms with Crippen LogP contribution in [-0.4, -0.2) is 59.9 Å². The Labute approximate surface area is 209 Å². The molecular weight excluding hydrogens is 468 g/mol. The normalized spacial score (nSPS) is 23.0. The summed E-state index contributed by atoms with van der Waals surface area (Å²) in [6.45, 7) is 1.09. The number of carbonyl (C=O) groups excluding carboxylic acids is 3. The molecule has 0 bridgehead atoms. The van der Waals surface area contributed by atoms with Crippen LogP contribution in [0.1, 0.15) is 44.1 Å². The van der Waals surface area contributed by atoms with Gasteiger partial charge in [-0.2, -0.15) is 0 Å². The predicted molar refractivity (Wildman–Crippen MR) is 130 cm³/mol. The lowest BCUT2D eigenvalue weighted by molar-refractivity contribution is -0.143. The Morgan fingerprint density at radius 2 is 1.60 bits per heavy atom. The van der Waals surface area contributed by atoms with Crippen LogP contribution in [0.2, 0.25) is 5.02 Å². The number of halogens is 1. The first kappa shape index (κ1) is 23.7. The Balaban J connectivity index is 1.29. The van der Waals surface area contributed by atoms with E-state index in [1.807, 2.05) is 12.1 Å². The number of nitrogens with zero attached hydrogens (tertiary/aromatic N) is 2. The van der Waals surface area contributed by atoms with Crippen molar-refractivity contribution in [1.29, 1.82) is 0 Å². The van der Waals surface area contributed by atoms with E-state index in [1.54, 1.807) is 48.4 Å². The van der Waals surface area contributed by atoms with E-state index in [1.165, 1.54) is 4.90 Å². The lowest BCUT2D eigenvalue weighted by Gasteiger charge is -2.35. The highest BCUT2D eigenvalue weighted by Gasteiger charge is 2.57. The van der Waals surface area contributed by atoms with Crippen LogP contribution in [0.4, 0.5) is 0 Å². The standard InChI is InChI=1S/C27H29ClN2O5/c1-34-21-8-2-18(3-9-21)27(17-25(32)30(26(27)33)20-6-7-20)16-24(31)29-14-12-23(13-15-29)35-22-10-4-19(28)5-11-22/h2-5,8-11,20,23H,6-7,12-17H2,1H3/t27-/m0/s1. The molecule has 1 atom stereocenters. The predicted octanol–water partition coefficient (Wildman–Crippen LogP) is 3.97. The molecule has 2 saturated heterocycles. The van der Waals surface area contributed by atoms with Crippen molar-refractivity contribution in [3.05, 3.63) is 59.1 Å². The number of imide groups is 1. The molecule has 2 heterocycles. The molecule has 1 saturated carbocycles. The molecule has 3 amide bonds. The second kappa shape index (κ2) is 9.53. The van der Waals surface area contributed by atoms with Crippen molar-refractivity contribution in [3.63, 3.8) is 0 Å². The molecule has 8 heteroatoms. The Morgan fingerprint density at radius 1 is 0.971 bits per heavy atom. The summed E-state index contributed by atoms with van der Waals surface area (Å²) in [4.78, 5) is 43.2. The first-order valence-electron chi connectivity index (χ1n) is 12.1. The Morgan fingerprint density at radius 3 is 2.20 bits per heavy atom. The number of hydrogen-bond acceptors (Lipinski definition) is 5. The Kier molecular flexibility index (Phi) is 6.45. The molecule has 2 aromatic carbocycles. The molecule has 3 fully saturated rings. The minimum atomic E-state index is -1.17. The molecule has 1 aliphatic carbocycles. The van der Waals surface area contributed by atoms with Crippen LogP contribution in [-0.2, 0) is 19.8 Å². The SMILES string of the molecule is COc1ccc([C@]2(CC(=O)N3CCC(Oc4ccc(Cl)cc4)CC3)CC(=O)N(C3CC3)C2=O)cc1. The molecule has 7 nitrogen and oxygen atoms in total. The summed E-state index contributed by atoms with van der Waals surface area (Å²) in [7, 11) is 1.58. The van der Waals surface area contributed by atoms with Gasteiger partial charge in [-0.3, -0.25) is 19.3 Å². The van der Waals surface area contributed by atoms with Crippen LogP contribution < -0.4 is 9.47 Å². The molecule has 184 valence electrons. The maximum atomic E-state index is 13.6. The average Bonchev–Trinajstić information content (AvgIpc) is 3.67. The maximum Gasteiger partial charge on any atom is 0.241 e. The van der Waals surface area contributed by atoms with Crippen LogP contribution in [0, 0.1) is 0 Å². The third kappa shape index (κ3) is 4.74. The lowest BCUT2D eigenvalue weighted by Crippen LogP contribution is -2.47. The molecule has 35 heavy (non-hydrogen) atoms. The van der Waals surface area contributed by atoms with Crippen molar-refractivity contribution in [2.75, 3.05) is 20.2 Å². The van der Waals surface area contributed by atoms with Gasteiger partial charge in [-0.15, -0.1) is 0 Å². The molecule has 0 unspecified atom stereocenters. The van der Waals surface area contributed by atoms with Crippen LogP contribution in [0.15, 0.2) is 48.5 Å². The van der Waals surface area contributed by atoms with Crippen molar-refractivity contribution >= 4 is 29.3 Å². The van der Waals surface area contributed by atoms with Gasteiger partial charge in [0.25, 0.3) is 0 Å². The van der Waals surface area contributed by atoms with E-state index in [0.717, 1.165) is 18.6 Å². The number of carbonyl (C=O) groups is 3. The number of methoxy groups -OCH3 is 1. The quantitative estimate of drug-likeness (QED) is 0.542. The molecule has 0 spiro atoms. The van der Waals surface area contributed by atoms with Gasteiger partial charge >= 0.3 is 0 Å². The Hall–Kier alpha value is -3.06. The summed E-state index contributed by atoms with van der Waals surface area (Å²) in [6, 6.07) is 14.4. The van der Waals surface area contributed by atoms with Gasteiger partial charge in [-0.1, -0.05) is 23.7 Å². The van der Waals surface area contributed by atoms with Gasteiger partial charge in [0.05, 0.1) is 12.5 Å². The third-order valence-electron chi connectivity index (χ3n) is 7.27. The van der Waals surface area contributed by atoms with E-state index < -0.39 is 5.41 Å². The zero-order chi connectivity index (χ0) is 24.6. The summed E-state index contributed by atoms with van der Waals surface area (Å²) in [5, 5.41) is 0.656. The number of hydrogen-bond donors (Lipinski definition) is 0. The number of amides is 3. The number of rotatable bonds is 7. The van der Waals surface area contributed by atoms with E-state index in [4.69, 9.17) is 21.1 Å². The second-order valence-corrected chi connectivity index (χ2v) is 10.1. The van der Waals surface area contributed by atoms with Gasteiger partial charge in [-0.25, -0.2) is 0 Å². The second-order valence-electron chi connectivity index (χ2n) is 9.62. The summed E-state index contributed by atoms with van der Waals surface area (Å²) >= 11 is 5.94. The lowest BCUT2D eigenvalue weighted by atomic mass is 9.75. The van der Waals surface area contributed by atoms with Gasteiger partial charge in [0.1, 0.15) is 17.6 Å². The zero-order valence-corrected chi connectivity index (χ0v) is 20.5. The highest BCUT2D eigenvalue weighted by Crippen LogP contribution is 2.45. The molecule has 5 rings (SSSR count). The molecule has 0 radical (unpaired) electrons. The van der Waals surface area contributed by atoms with Gasteiger partial charge in [0.15, 0.2) is 0 Å². The molecule has 0 aromatic heterocycles. The monoisotopic (exact) mass is 496 g/mol. The van der Waals surface area contributed by atoms with Crippen LogP contribution in [0.5, 0.6) is 11.5 Å². The van der Waals surface area contributed by atoms with Gasteiger partial charge in [0, 0.05) is 49.8 Å². The average molecular weight is 497 g/mol. The van der Waals surface area contributed by atoms with Gasteiger partial charge in [-0.05, 0) is 54.8 Å². The third-order valence-corrected chi connectivity index (χ3v) is 7.52. The number of likely N-dealkylation sites (tertiary alicyclic amines) is 2. The maximum absolute atomic E-state index is 13.6. The van der Waals surface area contributed by atoms with E-state index in [0.29, 0.717) is 42.3 Å². The van der Waals surface area contributed by atoms with Crippen LogP contribution >= 0.6 is 11.6 Å². The van der Waals surface area contributed by atoms with Crippen molar-refractivity contribution in [2.24, 2.45) is 0 Å². The minimum Gasteiger partial charge on any atom is -0.497 e. The zero-order valence-electron chi connectivity index (χ0n) is 19.7. The first-order chi connectivity index (χ1) is 16.9. The fourth-order valence-corrected chi connectivity index (χ4v) is 5.27. The fraction of sp³-hybridized carbons (Fsp3) is 0.444. The van der Waals surface area contributed by atoms with E-state index in [2.05, 4.69) is 0 Å². The molecule has 0 N–H and O–H groups in total. The highest BCUT2D eigenvalue weighted by molar-refractivity contribution is 6.30. The van der Waals surface area contributed by atoms with E-state index >= 15 is 0 Å². The summed E-state index contributed by atoms with van der Waals surface area (Å²) in [5.74, 6) is 0.881. The smallest absolute Gasteiger partial charge is 0.241 e. The molecule has 2 aliphatic heterocycles. The number of piperidine rings is 1. The Bertz CT molecular complexity index is 1110. The van der Waals surface area contributed by atoms with Gasteiger partial charge in [0.2, 0.25) is 17.7 Å². The summed E-state index contributed by atoms with van der Waals surface area (Å²) in [6.07, 6.45) is 3.09. The summed E-state index contributed by atoms with van der Waals surface area (Å²) < 4.78 is 11.3. The van der Waals surface area contributed by atoms with E-state index in [9.17, 15) is 14.4 Å². The fourth-order valence-electron chi connectivity index (χ4n) is 5.14. The highest BCUT2D eigenvalue weighted by atomic mass is 35.5. The van der Waals surface area contributed by atoms with Crippen molar-refractivity contribution in [3.8, 4) is 11.5 Å².